The van der Waals surface area contributed by atoms with Gasteiger partial charge in [0.05, 0.1) is 0 Å². The van der Waals surface area contributed by atoms with E-state index in [2.05, 4.69) is 25.3 Å². The van der Waals surface area contributed by atoms with Crippen LogP contribution in [0.4, 0.5) is 0 Å². The van der Waals surface area contributed by atoms with Crippen LogP contribution in [0.5, 0.6) is 0 Å². The molecule has 2 rings (SSSR count). The van der Waals surface area contributed by atoms with Crippen LogP contribution in [0.15, 0.2) is 12.2 Å². The van der Waals surface area contributed by atoms with Gasteiger partial charge in [-0.15, -0.1) is 0 Å². The highest BCUT2D eigenvalue weighted by atomic mass is 15.2. The summed E-state index contributed by atoms with van der Waals surface area (Å²) < 4.78 is 16.0. The van der Waals surface area contributed by atoms with Gasteiger partial charge in [0.15, 0.2) is 0 Å². The maximum Gasteiger partial charge on any atom is 0.0431 e. The van der Waals surface area contributed by atoms with Gasteiger partial charge in [-0.05, 0) is 38.1 Å². The van der Waals surface area contributed by atoms with E-state index in [0.717, 1.165) is 25.8 Å². The highest BCUT2D eigenvalue weighted by Crippen LogP contribution is 2.44. The lowest BCUT2D eigenvalue weighted by atomic mass is 9.84. The molecule has 74 valence electrons. The second-order valence-electron chi connectivity index (χ2n) is 4.99. The predicted molar refractivity (Wildman–Crippen MR) is 56.8 cm³/mol. The van der Waals surface area contributed by atoms with Crippen molar-refractivity contribution in [1.29, 1.82) is 0 Å². The van der Waals surface area contributed by atoms with E-state index in [9.17, 15) is 0 Å². The van der Waals surface area contributed by atoms with Crippen molar-refractivity contribution in [2.75, 3.05) is 13.0 Å². The Bertz CT molecular complexity index is 285. The Morgan fingerprint density at radius 2 is 2.46 bits per heavy atom. The Morgan fingerprint density at radius 3 is 3.15 bits per heavy atom. The first kappa shape index (κ1) is 7.05. The van der Waals surface area contributed by atoms with E-state index in [1.807, 2.05) is 0 Å². The molecule has 1 atom stereocenters. The van der Waals surface area contributed by atoms with Crippen molar-refractivity contribution in [2.45, 2.75) is 45.1 Å². The van der Waals surface area contributed by atoms with E-state index >= 15 is 0 Å². The quantitative estimate of drug-likeness (QED) is 0.592. The Labute approximate surface area is 84.6 Å². The molecule has 2 saturated heterocycles. The zero-order valence-corrected chi connectivity index (χ0v) is 8.77. The summed E-state index contributed by atoms with van der Waals surface area (Å²) in [6.45, 7) is 8.16. The highest BCUT2D eigenvalue weighted by molar-refractivity contribution is 5.17. The normalized spacial score (nSPS) is 40.7. The number of hydrogen-bond acceptors (Lipinski definition) is 1. The molecule has 0 spiro atoms. The smallest absolute Gasteiger partial charge is 0.0431 e. The molecule has 1 heteroatoms. The second-order valence-corrected chi connectivity index (χ2v) is 4.99. The lowest BCUT2D eigenvalue weighted by molar-refractivity contribution is 0.163. The number of rotatable bonds is 2. The van der Waals surface area contributed by atoms with E-state index in [-0.39, 0.29) is 5.54 Å². The Kier molecular flexibility index (Phi) is 1.70. The average molecular weight is 181 g/mol. The summed E-state index contributed by atoms with van der Waals surface area (Å²) >= 11 is 0. The van der Waals surface area contributed by atoms with Crippen molar-refractivity contribution in [3.8, 4) is 0 Å². The van der Waals surface area contributed by atoms with Crippen molar-refractivity contribution < 1.29 is 2.74 Å². The van der Waals surface area contributed by atoms with E-state index in [4.69, 9.17) is 2.74 Å². The first-order valence-corrected chi connectivity index (χ1v) is 5.30. The van der Waals surface area contributed by atoms with Crippen LogP contribution in [0.3, 0.4) is 0 Å². The van der Waals surface area contributed by atoms with E-state index in [1.165, 1.54) is 5.57 Å². The van der Waals surface area contributed by atoms with Gasteiger partial charge in [0.2, 0.25) is 0 Å². The zero-order chi connectivity index (χ0) is 11.3. The van der Waals surface area contributed by atoms with Crippen LogP contribution in [0.1, 0.15) is 42.3 Å². The fourth-order valence-electron chi connectivity index (χ4n) is 2.92. The molecule has 0 aromatic rings. The highest BCUT2D eigenvalue weighted by Gasteiger charge is 2.45. The third kappa shape index (κ3) is 1.54. The number of nitrogens with zero attached hydrogens (tertiary/aromatic N) is 1. The van der Waals surface area contributed by atoms with Gasteiger partial charge < -0.3 is 0 Å². The monoisotopic (exact) mass is 181 g/mol. The van der Waals surface area contributed by atoms with Crippen molar-refractivity contribution in [2.24, 2.45) is 5.92 Å². The summed E-state index contributed by atoms with van der Waals surface area (Å²) in [4.78, 5) is 2.07. The predicted octanol–water partition coefficient (Wildman–Crippen LogP) is 2.83. The van der Waals surface area contributed by atoms with Crippen LogP contribution in [0.2, 0.25) is 0 Å². The van der Waals surface area contributed by atoms with Gasteiger partial charge in [-0.3, -0.25) is 4.90 Å². The van der Waals surface area contributed by atoms with Crippen LogP contribution in [-0.2, 0) is 0 Å². The summed E-state index contributed by atoms with van der Waals surface area (Å²) in [5.41, 5.74) is 1.30. The molecule has 0 amide bonds. The number of fused-ring (bicyclic) bond motifs is 1. The molecule has 0 aliphatic carbocycles. The van der Waals surface area contributed by atoms with Crippen molar-refractivity contribution in [3.05, 3.63) is 12.2 Å². The first-order chi connectivity index (χ1) is 6.86. The molecule has 0 unspecified atom stereocenters. The molecule has 0 aromatic heterocycles. The number of hydrogen-bond donors (Lipinski definition) is 0. The summed E-state index contributed by atoms with van der Waals surface area (Å²) in [5, 5.41) is 0. The van der Waals surface area contributed by atoms with E-state index in [0.29, 0.717) is 12.3 Å². The van der Waals surface area contributed by atoms with E-state index in [1.54, 1.807) is 0 Å². The van der Waals surface area contributed by atoms with Gasteiger partial charge in [0.25, 0.3) is 0 Å². The van der Waals surface area contributed by atoms with Gasteiger partial charge in [0.1, 0.15) is 0 Å². The molecular formula is C12H21N. The summed E-state index contributed by atoms with van der Waals surface area (Å²) in [6, 6.07) is 0. The molecule has 2 aliphatic rings. The van der Waals surface area contributed by atoms with Gasteiger partial charge in [-0.25, -0.2) is 0 Å². The van der Waals surface area contributed by atoms with Crippen LogP contribution in [0, 0.1) is 5.92 Å². The molecule has 2 heterocycles. The summed E-state index contributed by atoms with van der Waals surface area (Å²) in [5.74, 6) is 0.632. The Balaban J connectivity index is 2.25. The standard InChI is InChI=1S/C12H21N/c1-10(2)7-12-5-4-6-13(12)9-11(3)8-12/h10H,3-9H2,1-2H3/t12-/m1/s1/i6D2. The lowest BCUT2D eigenvalue weighted by Crippen LogP contribution is -2.39. The molecule has 0 saturated carbocycles. The Hall–Kier alpha value is -0.300. The van der Waals surface area contributed by atoms with Gasteiger partial charge in [0, 0.05) is 14.8 Å². The molecule has 2 aliphatic heterocycles. The fraction of sp³-hybridized carbons (Fsp3) is 0.833. The first-order valence-electron chi connectivity index (χ1n) is 6.30. The zero-order valence-electron chi connectivity index (χ0n) is 10.8. The molecule has 0 aromatic carbocycles. The van der Waals surface area contributed by atoms with Gasteiger partial charge >= 0.3 is 0 Å². The topological polar surface area (TPSA) is 3.24 Å². The van der Waals surface area contributed by atoms with Gasteiger partial charge in [-0.1, -0.05) is 26.0 Å². The van der Waals surface area contributed by atoms with Crippen LogP contribution < -0.4 is 0 Å². The van der Waals surface area contributed by atoms with Crippen molar-refractivity contribution in [3.63, 3.8) is 0 Å². The summed E-state index contributed by atoms with van der Waals surface area (Å²) in [7, 11) is 0. The average Bonchev–Trinajstić information content (AvgIpc) is 2.49. The minimum Gasteiger partial charge on any atom is -0.293 e. The molecule has 0 bridgehead atoms. The maximum atomic E-state index is 8.02. The van der Waals surface area contributed by atoms with Crippen LogP contribution >= 0.6 is 0 Å². The Morgan fingerprint density at radius 1 is 1.69 bits per heavy atom. The minimum atomic E-state index is -1.10. The molecule has 0 N–H and O–H groups in total. The largest absolute Gasteiger partial charge is 0.293 e. The molecule has 1 nitrogen and oxygen atoms in total. The molecule has 0 radical (unpaired) electrons. The van der Waals surface area contributed by atoms with E-state index < -0.39 is 6.50 Å². The third-order valence-corrected chi connectivity index (χ3v) is 3.21. The van der Waals surface area contributed by atoms with Crippen LogP contribution in [0.25, 0.3) is 0 Å². The molecular weight excluding hydrogens is 158 g/mol. The second kappa shape index (κ2) is 3.13. The minimum absolute atomic E-state index is 0.0920. The third-order valence-electron chi connectivity index (χ3n) is 3.21. The van der Waals surface area contributed by atoms with Crippen molar-refractivity contribution in [1.82, 2.24) is 4.90 Å². The SMILES string of the molecule is [2H]C1([2H])CC[C@@]2(CC(C)C)CC(=C)CN12. The molecule has 2 fully saturated rings. The molecule has 13 heavy (non-hydrogen) atoms. The maximum absolute atomic E-state index is 8.02. The lowest BCUT2D eigenvalue weighted by Gasteiger charge is -2.33. The van der Waals surface area contributed by atoms with Crippen molar-refractivity contribution >= 4 is 0 Å². The van der Waals surface area contributed by atoms with Gasteiger partial charge in [-0.2, -0.15) is 0 Å². The summed E-state index contributed by atoms with van der Waals surface area (Å²) in [6.07, 6.45) is 3.79. The van der Waals surface area contributed by atoms with Crippen LogP contribution in [-0.4, -0.2) is 23.5 Å². The fourth-order valence-corrected chi connectivity index (χ4v) is 2.92.